The van der Waals surface area contributed by atoms with Crippen LogP contribution in [-0.2, 0) is 8.85 Å². The highest BCUT2D eigenvalue weighted by molar-refractivity contribution is 6.74. The Morgan fingerprint density at radius 2 is 1.53 bits per heavy atom. The molecule has 32 heavy (non-hydrogen) atoms. The van der Waals surface area contributed by atoms with Crippen LogP contribution in [0.15, 0.2) is 24.3 Å². The van der Waals surface area contributed by atoms with Crippen LogP contribution in [0.25, 0.3) is 0 Å². The molecule has 0 spiro atoms. The van der Waals surface area contributed by atoms with E-state index in [1.165, 1.54) is 6.07 Å². The normalized spacial score (nSPS) is 15.3. The minimum Gasteiger partial charge on any atom is -0.417 e. The van der Waals surface area contributed by atoms with Crippen molar-refractivity contribution in [2.24, 2.45) is 5.92 Å². The third-order valence-electron chi connectivity index (χ3n) is 7.27. The smallest absolute Gasteiger partial charge is 0.292 e. The van der Waals surface area contributed by atoms with E-state index in [-0.39, 0.29) is 32.7 Å². The topological polar surface area (TPSA) is 73.6 Å². The number of rotatable bonds is 11. The van der Waals surface area contributed by atoms with Gasteiger partial charge in [0.05, 0.1) is 11.0 Å². The maximum absolute atomic E-state index is 11.3. The summed E-state index contributed by atoms with van der Waals surface area (Å²) in [6.07, 6.45) is 0.842. The summed E-state index contributed by atoms with van der Waals surface area (Å²) in [6, 6.07) is 6.80. The van der Waals surface area contributed by atoms with Gasteiger partial charge in [-0.3, -0.25) is 10.1 Å². The number of anilines is 1. The van der Waals surface area contributed by atoms with Crippen LogP contribution < -0.4 is 5.32 Å². The van der Waals surface area contributed by atoms with Crippen molar-refractivity contribution in [1.82, 2.24) is 0 Å². The summed E-state index contributed by atoms with van der Waals surface area (Å²) in [4.78, 5) is 11.0. The van der Waals surface area contributed by atoms with Gasteiger partial charge in [0.15, 0.2) is 16.6 Å². The molecule has 1 aromatic rings. The molecule has 1 rings (SSSR count). The molecule has 8 heteroatoms. The SMILES string of the molecule is C[C@@H](CNc1ccccc1[N+](=O)[O-])[C@H](CCO[Si](C)(C)C(C)(C)C)O[Si](C)(C)C(C)(C)C. The summed E-state index contributed by atoms with van der Waals surface area (Å²) in [5.41, 5.74) is 0.649. The largest absolute Gasteiger partial charge is 0.417 e. The molecule has 0 aliphatic rings. The summed E-state index contributed by atoms with van der Waals surface area (Å²) in [6.45, 7) is 26.0. The minimum absolute atomic E-state index is 0.0240. The quantitative estimate of drug-likeness (QED) is 0.201. The summed E-state index contributed by atoms with van der Waals surface area (Å²) < 4.78 is 13.3. The van der Waals surface area contributed by atoms with Crippen molar-refractivity contribution in [2.75, 3.05) is 18.5 Å². The maximum Gasteiger partial charge on any atom is 0.292 e. The van der Waals surface area contributed by atoms with Gasteiger partial charge in [-0.05, 0) is 54.7 Å². The number of nitrogens with zero attached hydrogens (tertiary/aromatic N) is 1. The van der Waals surface area contributed by atoms with Crippen LogP contribution in [0.1, 0.15) is 54.9 Å². The van der Waals surface area contributed by atoms with Crippen molar-refractivity contribution >= 4 is 28.0 Å². The fourth-order valence-corrected chi connectivity index (χ4v) is 5.37. The van der Waals surface area contributed by atoms with Crippen molar-refractivity contribution in [3.8, 4) is 0 Å². The van der Waals surface area contributed by atoms with Gasteiger partial charge in [-0.15, -0.1) is 0 Å². The average molecular weight is 483 g/mol. The van der Waals surface area contributed by atoms with Crippen LogP contribution in [0.2, 0.25) is 36.3 Å². The molecule has 1 N–H and O–H groups in total. The van der Waals surface area contributed by atoms with Crippen LogP contribution in [0.4, 0.5) is 11.4 Å². The van der Waals surface area contributed by atoms with Gasteiger partial charge in [-0.1, -0.05) is 60.6 Å². The lowest BCUT2D eigenvalue weighted by Gasteiger charge is -2.42. The molecular weight excluding hydrogens is 436 g/mol. The molecule has 0 saturated carbocycles. The van der Waals surface area contributed by atoms with Crippen molar-refractivity contribution in [1.29, 1.82) is 0 Å². The van der Waals surface area contributed by atoms with E-state index in [0.717, 1.165) is 6.42 Å². The predicted octanol–water partition coefficient (Wildman–Crippen LogP) is 7.45. The Morgan fingerprint density at radius 3 is 2.03 bits per heavy atom. The van der Waals surface area contributed by atoms with Crippen molar-refractivity contribution in [2.45, 2.75) is 97.3 Å². The lowest BCUT2D eigenvalue weighted by atomic mass is 10.0. The molecule has 6 nitrogen and oxygen atoms in total. The molecule has 0 aromatic heterocycles. The van der Waals surface area contributed by atoms with Crippen LogP contribution in [0.3, 0.4) is 0 Å². The zero-order chi connectivity index (χ0) is 25.0. The van der Waals surface area contributed by atoms with Crippen LogP contribution in [0, 0.1) is 16.0 Å². The molecule has 0 unspecified atom stereocenters. The van der Waals surface area contributed by atoms with Crippen LogP contribution >= 0.6 is 0 Å². The lowest BCUT2D eigenvalue weighted by molar-refractivity contribution is -0.384. The van der Waals surface area contributed by atoms with Crippen LogP contribution in [-0.4, -0.2) is 40.8 Å². The molecule has 0 aliphatic heterocycles. The lowest BCUT2D eigenvalue weighted by Crippen LogP contribution is -2.47. The van der Waals surface area contributed by atoms with E-state index in [9.17, 15) is 10.1 Å². The van der Waals surface area contributed by atoms with Gasteiger partial charge in [0.1, 0.15) is 5.69 Å². The molecular formula is C24H46N2O4Si2. The number of para-hydroxylation sites is 2. The number of nitro benzene ring substituents is 1. The number of benzene rings is 1. The maximum atomic E-state index is 11.3. The second kappa shape index (κ2) is 10.8. The van der Waals surface area contributed by atoms with E-state index in [4.69, 9.17) is 8.85 Å². The van der Waals surface area contributed by atoms with Gasteiger partial charge in [0.2, 0.25) is 0 Å². The fraction of sp³-hybridized carbons (Fsp3) is 0.750. The molecule has 184 valence electrons. The Labute approximate surface area is 197 Å². The number of hydrogen-bond acceptors (Lipinski definition) is 5. The molecule has 2 atom stereocenters. The Bertz CT molecular complexity index is 755. The Kier molecular flexibility index (Phi) is 9.72. The van der Waals surface area contributed by atoms with E-state index < -0.39 is 16.6 Å². The Morgan fingerprint density at radius 1 is 1.00 bits per heavy atom. The standard InChI is InChI=1S/C24H46N2O4Si2/c1-19(18-25-20-14-12-13-15-21(20)26(27)28)22(30-32(10,11)24(5,6)7)16-17-29-31(8,9)23(2,3)4/h12-15,19,22,25H,16-18H2,1-11H3/t19-,22-/m0/s1. The monoisotopic (exact) mass is 482 g/mol. The second-order valence-corrected chi connectivity index (χ2v) is 21.5. The summed E-state index contributed by atoms with van der Waals surface area (Å²) in [5.74, 6) is 0.173. The number of nitro groups is 1. The van der Waals surface area contributed by atoms with Crippen molar-refractivity contribution in [3.05, 3.63) is 34.4 Å². The molecule has 0 aliphatic carbocycles. The first-order chi connectivity index (χ1) is 14.4. The number of nitrogens with one attached hydrogen (secondary N) is 1. The molecule has 0 amide bonds. The van der Waals surface area contributed by atoms with Gasteiger partial charge in [0.25, 0.3) is 5.69 Å². The van der Waals surface area contributed by atoms with Gasteiger partial charge >= 0.3 is 0 Å². The molecule has 0 heterocycles. The van der Waals surface area contributed by atoms with E-state index in [1.54, 1.807) is 12.1 Å². The predicted molar refractivity (Wildman–Crippen MR) is 141 cm³/mol. The van der Waals surface area contributed by atoms with Gasteiger partial charge in [-0.2, -0.15) is 0 Å². The highest BCUT2D eigenvalue weighted by Crippen LogP contribution is 2.39. The van der Waals surface area contributed by atoms with Gasteiger partial charge in [-0.25, -0.2) is 0 Å². The molecule has 0 bridgehead atoms. The third-order valence-corrected chi connectivity index (χ3v) is 16.3. The highest BCUT2D eigenvalue weighted by Gasteiger charge is 2.41. The minimum atomic E-state index is -1.98. The molecule has 0 saturated heterocycles. The Hall–Kier alpha value is -1.23. The third kappa shape index (κ3) is 7.97. The van der Waals surface area contributed by atoms with Crippen molar-refractivity contribution < 1.29 is 13.8 Å². The fourth-order valence-electron chi connectivity index (χ4n) is 2.85. The molecule has 0 fully saturated rings. The number of hydrogen-bond donors (Lipinski definition) is 1. The highest BCUT2D eigenvalue weighted by atomic mass is 28.4. The van der Waals surface area contributed by atoms with Gasteiger partial charge in [0, 0.05) is 19.2 Å². The van der Waals surface area contributed by atoms with E-state index in [0.29, 0.717) is 18.8 Å². The zero-order valence-electron chi connectivity index (χ0n) is 22.2. The second-order valence-electron chi connectivity index (χ2n) is 11.9. The molecule has 1 aromatic carbocycles. The van der Waals surface area contributed by atoms with E-state index in [1.807, 2.05) is 6.07 Å². The first-order valence-corrected chi connectivity index (χ1v) is 17.5. The van der Waals surface area contributed by atoms with E-state index in [2.05, 4.69) is 80.0 Å². The van der Waals surface area contributed by atoms with E-state index >= 15 is 0 Å². The van der Waals surface area contributed by atoms with Crippen LogP contribution in [0.5, 0.6) is 0 Å². The summed E-state index contributed by atoms with van der Waals surface area (Å²) in [5, 5.41) is 14.9. The first-order valence-electron chi connectivity index (χ1n) is 11.7. The van der Waals surface area contributed by atoms with Crippen molar-refractivity contribution in [3.63, 3.8) is 0 Å². The average Bonchev–Trinajstić information content (AvgIpc) is 2.63. The summed E-state index contributed by atoms with van der Waals surface area (Å²) in [7, 11) is -3.81. The first kappa shape index (κ1) is 28.8. The Balaban J connectivity index is 2.95. The summed E-state index contributed by atoms with van der Waals surface area (Å²) >= 11 is 0. The van der Waals surface area contributed by atoms with Gasteiger partial charge < -0.3 is 14.2 Å². The molecule has 0 radical (unpaired) electrons. The zero-order valence-corrected chi connectivity index (χ0v) is 24.2.